The van der Waals surface area contributed by atoms with Crippen LogP contribution in [-0.2, 0) is 19.1 Å². The lowest BCUT2D eigenvalue weighted by Crippen LogP contribution is -2.39. The fourth-order valence-electron chi connectivity index (χ4n) is 1.34. The maximum atomic E-state index is 11.4. The first kappa shape index (κ1) is 11.4. The molecule has 0 aromatic rings. The number of nitrogens with zero attached hydrogens (tertiary/aromatic N) is 1. The standard InChI is InChI=1S/C10H13NO4/c1-15-10(14)6-5-9(13)11-7-3-2-4-8(11)12/h5-6H,2-4,7H2,1H3/b6-5+. The van der Waals surface area contributed by atoms with Crippen LogP contribution in [0, 0.1) is 0 Å². The van der Waals surface area contributed by atoms with E-state index in [1.54, 1.807) is 0 Å². The van der Waals surface area contributed by atoms with Crippen LogP contribution in [0.25, 0.3) is 0 Å². The van der Waals surface area contributed by atoms with Crippen molar-refractivity contribution in [2.45, 2.75) is 19.3 Å². The summed E-state index contributed by atoms with van der Waals surface area (Å²) in [6.45, 7) is 0.434. The molecule has 0 aromatic carbocycles. The third-order valence-electron chi connectivity index (χ3n) is 2.15. The molecular formula is C10H13NO4. The summed E-state index contributed by atoms with van der Waals surface area (Å²) in [5, 5.41) is 0. The SMILES string of the molecule is COC(=O)/C=C/C(=O)N1CCCCC1=O. The molecule has 0 unspecified atom stereocenters. The maximum Gasteiger partial charge on any atom is 0.330 e. The van der Waals surface area contributed by atoms with Gasteiger partial charge in [0.2, 0.25) is 5.91 Å². The number of amides is 2. The van der Waals surface area contributed by atoms with Crippen molar-refractivity contribution >= 4 is 17.8 Å². The van der Waals surface area contributed by atoms with E-state index in [1.807, 2.05) is 0 Å². The molecule has 0 aromatic heterocycles. The minimum absolute atomic E-state index is 0.180. The summed E-state index contributed by atoms with van der Waals surface area (Å²) in [6.07, 6.45) is 4.13. The molecule has 2 amide bonds. The molecule has 1 rings (SSSR count). The van der Waals surface area contributed by atoms with Gasteiger partial charge in [0.1, 0.15) is 0 Å². The fourth-order valence-corrected chi connectivity index (χ4v) is 1.34. The largest absolute Gasteiger partial charge is 0.466 e. The summed E-state index contributed by atoms with van der Waals surface area (Å²) < 4.78 is 4.33. The van der Waals surface area contributed by atoms with Gasteiger partial charge in [-0.15, -0.1) is 0 Å². The Morgan fingerprint density at radius 2 is 2.07 bits per heavy atom. The number of rotatable bonds is 2. The van der Waals surface area contributed by atoms with Crippen molar-refractivity contribution in [2.75, 3.05) is 13.7 Å². The van der Waals surface area contributed by atoms with Crippen molar-refractivity contribution in [2.24, 2.45) is 0 Å². The number of hydrogen-bond acceptors (Lipinski definition) is 4. The molecule has 0 atom stereocenters. The van der Waals surface area contributed by atoms with E-state index < -0.39 is 11.9 Å². The Balaban J connectivity index is 2.55. The molecule has 5 heteroatoms. The van der Waals surface area contributed by atoms with Gasteiger partial charge in [0.05, 0.1) is 7.11 Å². The van der Waals surface area contributed by atoms with E-state index in [0.717, 1.165) is 29.9 Å². The number of methoxy groups -OCH3 is 1. The van der Waals surface area contributed by atoms with E-state index in [0.29, 0.717) is 13.0 Å². The van der Waals surface area contributed by atoms with E-state index >= 15 is 0 Å². The van der Waals surface area contributed by atoms with Crippen LogP contribution in [0.3, 0.4) is 0 Å². The van der Waals surface area contributed by atoms with Gasteiger partial charge in [0.25, 0.3) is 5.91 Å². The summed E-state index contributed by atoms with van der Waals surface area (Å²) >= 11 is 0. The number of carbonyl (C=O) groups is 3. The molecule has 0 radical (unpaired) electrons. The zero-order valence-electron chi connectivity index (χ0n) is 8.56. The number of piperidine rings is 1. The first-order valence-electron chi connectivity index (χ1n) is 4.75. The topological polar surface area (TPSA) is 63.7 Å². The van der Waals surface area contributed by atoms with E-state index in [9.17, 15) is 14.4 Å². The van der Waals surface area contributed by atoms with Gasteiger partial charge in [-0.25, -0.2) is 4.79 Å². The molecule has 1 heterocycles. The highest BCUT2D eigenvalue weighted by Crippen LogP contribution is 2.10. The van der Waals surface area contributed by atoms with Crippen molar-refractivity contribution in [3.63, 3.8) is 0 Å². The van der Waals surface area contributed by atoms with Crippen LogP contribution < -0.4 is 0 Å². The second-order valence-electron chi connectivity index (χ2n) is 3.20. The molecule has 1 aliphatic rings. The lowest BCUT2D eigenvalue weighted by molar-refractivity contribution is -0.144. The lowest BCUT2D eigenvalue weighted by atomic mass is 10.1. The van der Waals surface area contributed by atoms with Gasteiger partial charge in [-0.2, -0.15) is 0 Å². The molecule has 0 saturated carbocycles. The highest BCUT2D eigenvalue weighted by atomic mass is 16.5. The van der Waals surface area contributed by atoms with Gasteiger partial charge in [0.15, 0.2) is 0 Å². The second-order valence-corrected chi connectivity index (χ2v) is 3.20. The van der Waals surface area contributed by atoms with Crippen LogP contribution in [0.2, 0.25) is 0 Å². The summed E-state index contributed by atoms with van der Waals surface area (Å²) in [6, 6.07) is 0. The third-order valence-corrected chi connectivity index (χ3v) is 2.15. The Bertz CT molecular complexity index is 309. The lowest BCUT2D eigenvalue weighted by Gasteiger charge is -2.23. The zero-order valence-corrected chi connectivity index (χ0v) is 8.56. The van der Waals surface area contributed by atoms with Gasteiger partial charge < -0.3 is 4.74 Å². The van der Waals surface area contributed by atoms with E-state index in [-0.39, 0.29) is 5.91 Å². The molecule has 0 N–H and O–H groups in total. The second kappa shape index (κ2) is 5.29. The van der Waals surface area contributed by atoms with Crippen molar-refractivity contribution in [3.05, 3.63) is 12.2 Å². The van der Waals surface area contributed by atoms with Crippen LogP contribution in [0.15, 0.2) is 12.2 Å². The summed E-state index contributed by atoms with van der Waals surface area (Å²) in [5.74, 6) is -1.24. The molecule has 15 heavy (non-hydrogen) atoms. The normalized spacial score (nSPS) is 16.9. The number of likely N-dealkylation sites (tertiary alicyclic amines) is 1. The molecule has 1 saturated heterocycles. The summed E-state index contributed by atoms with van der Waals surface area (Å²) in [5.41, 5.74) is 0. The minimum atomic E-state index is -0.604. The average Bonchev–Trinajstić information content (AvgIpc) is 2.26. The Hall–Kier alpha value is -1.65. The third kappa shape index (κ3) is 3.19. The van der Waals surface area contributed by atoms with Crippen LogP contribution in [-0.4, -0.2) is 36.3 Å². The van der Waals surface area contributed by atoms with Crippen LogP contribution in [0.5, 0.6) is 0 Å². The Morgan fingerprint density at radius 1 is 1.33 bits per heavy atom. The number of imide groups is 1. The molecule has 0 spiro atoms. The Labute approximate surface area is 87.7 Å². The summed E-state index contributed by atoms with van der Waals surface area (Å²) in [7, 11) is 1.23. The quantitative estimate of drug-likeness (QED) is 0.485. The number of hydrogen-bond donors (Lipinski definition) is 0. The van der Waals surface area contributed by atoms with Gasteiger partial charge in [-0.1, -0.05) is 0 Å². The van der Waals surface area contributed by atoms with Crippen LogP contribution in [0.4, 0.5) is 0 Å². The van der Waals surface area contributed by atoms with E-state index in [1.165, 1.54) is 7.11 Å². The van der Waals surface area contributed by atoms with Crippen molar-refractivity contribution in [3.8, 4) is 0 Å². The number of esters is 1. The van der Waals surface area contributed by atoms with Crippen LogP contribution >= 0.6 is 0 Å². The minimum Gasteiger partial charge on any atom is -0.466 e. The van der Waals surface area contributed by atoms with Gasteiger partial charge >= 0.3 is 5.97 Å². The Kier molecular flexibility index (Phi) is 4.03. The van der Waals surface area contributed by atoms with E-state index in [4.69, 9.17) is 0 Å². The molecular weight excluding hydrogens is 198 g/mol. The number of ether oxygens (including phenoxy) is 1. The average molecular weight is 211 g/mol. The monoisotopic (exact) mass is 211 g/mol. The van der Waals surface area contributed by atoms with Crippen LogP contribution in [0.1, 0.15) is 19.3 Å². The Morgan fingerprint density at radius 3 is 2.67 bits per heavy atom. The predicted molar refractivity (Wildman–Crippen MR) is 51.7 cm³/mol. The van der Waals surface area contributed by atoms with Gasteiger partial charge in [-0.3, -0.25) is 14.5 Å². The molecule has 1 aliphatic heterocycles. The molecule has 5 nitrogen and oxygen atoms in total. The molecule has 0 aliphatic carbocycles. The van der Waals surface area contributed by atoms with Crippen molar-refractivity contribution < 1.29 is 19.1 Å². The fraction of sp³-hybridized carbons (Fsp3) is 0.500. The number of carbonyl (C=O) groups excluding carboxylic acids is 3. The molecule has 82 valence electrons. The van der Waals surface area contributed by atoms with Gasteiger partial charge in [0, 0.05) is 25.1 Å². The maximum absolute atomic E-state index is 11.4. The first-order valence-corrected chi connectivity index (χ1v) is 4.75. The van der Waals surface area contributed by atoms with Gasteiger partial charge in [-0.05, 0) is 12.8 Å². The smallest absolute Gasteiger partial charge is 0.330 e. The first-order chi connectivity index (χ1) is 7.15. The highest BCUT2D eigenvalue weighted by molar-refractivity contribution is 6.03. The highest BCUT2D eigenvalue weighted by Gasteiger charge is 2.22. The predicted octanol–water partition coefficient (Wildman–Crippen LogP) is 0.255. The van der Waals surface area contributed by atoms with Crippen molar-refractivity contribution in [1.29, 1.82) is 0 Å². The van der Waals surface area contributed by atoms with E-state index in [2.05, 4.69) is 4.74 Å². The molecule has 1 fully saturated rings. The zero-order chi connectivity index (χ0) is 11.3. The van der Waals surface area contributed by atoms with Crippen molar-refractivity contribution in [1.82, 2.24) is 4.90 Å². The molecule has 0 bridgehead atoms. The summed E-state index contributed by atoms with van der Waals surface area (Å²) in [4.78, 5) is 34.6.